The molecule has 0 unspecified atom stereocenters. The van der Waals surface area contributed by atoms with Gasteiger partial charge in [-0.05, 0) is 18.0 Å². The van der Waals surface area contributed by atoms with Crippen LogP contribution in [0.5, 0.6) is 0 Å². The molecule has 0 fully saturated rings. The Morgan fingerprint density at radius 3 is 2.78 bits per heavy atom. The molecule has 0 bridgehead atoms. The van der Waals surface area contributed by atoms with Gasteiger partial charge in [0, 0.05) is 23.6 Å². The van der Waals surface area contributed by atoms with Crippen LogP contribution in [0.15, 0.2) is 24.4 Å². The Morgan fingerprint density at radius 1 is 1.44 bits per heavy atom. The van der Waals surface area contributed by atoms with Crippen LogP contribution in [-0.4, -0.2) is 19.0 Å². The summed E-state index contributed by atoms with van der Waals surface area (Å²) in [7, 11) is 5.82. The predicted molar refractivity (Wildman–Crippen MR) is 74.9 cm³/mol. The van der Waals surface area contributed by atoms with Crippen molar-refractivity contribution in [2.45, 2.75) is 20.4 Å². The van der Waals surface area contributed by atoms with Gasteiger partial charge in [-0.3, -0.25) is 0 Å². The first-order valence-electron chi connectivity index (χ1n) is 5.95. The lowest BCUT2D eigenvalue weighted by Gasteiger charge is -2.23. The van der Waals surface area contributed by atoms with Crippen LogP contribution < -0.4 is 11.2 Å². The van der Waals surface area contributed by atoms with Crippen LogP contribution in [0.4, 0.5) is 0 Å². The maximum atomic E-state index is 9.15. The summed E-state index contributed by atoms with van der Waals surface area (Å²) >= 11 is 0. The fraction of sp³-hybridized carbons (Fsp3) is 0.357. The number of fused-ring (bicyclic) bond motifs is 1. The maximum absolute atomic E-state index is 9.15. The standard InChI is InChI=1S/C14H16BN3/c1-14(2,8-17)9-18-7-10(6-16)12-4-3-11(15)5-13(12)18/h3-5,7H,8-9,17H2,1-2H3. The van der Waals surface area contributed by atoms with Gasteiger partial charge in [-0.2, -0.15) is 5.26 Å². The third kappa shape index (κ3) is 2.27. The normalized spacial score (nSPS) is 11.7. The van der Waals surface area contributed by atoms with Crippen LogP contribution in [-0.2, 0) is 6.54 Å². The minimum atomic E-state index is -0.0106. The highest BCUT2D eigenvalue weighted by atomic mass is 15.0. The average molecular weight is 237 g/mol. The Labute approximate surface area is 109 Å². The van der Waals surface area contributed by atoms with E-state index < -0.39 is 0 Å². The fourth-order valence-electron chi connectivity index (χ4n) is 2.05. The average Bonchev–Trinajstić information content (AvgIpc) is 2.66. The Bertz CT molecular complexity index is 620. The molecule has 2 N–H and O–H groups in total. The molecule has 0 atom stereocenters. The number of benzene rings is 1. The lowest BCUT2D eigenvalue weighted by molar-refractivity contribution is 0.322. The zero-order valence-electron chi connectivity index (χ0n) is 10.8. The summed E-state index contributed by atoms with van der Waals surface area (Å²) in [6, 6.07) is 7.85. The number of aromatic nitrogens is 1. The predicted octanol–water partition coefficient (Wildman–Crippen LogP) is 1.29. The molecule has 0 amide bonds. The molecule has 18 heavy (non-hydrogen) atoms. The van der Waals surface area contributed by atoms with Gasteiger partial charge in [-0.25, -0.2) is 0 Å². The molecular formula is C14H16BN3. The van der Waals surface area contributed by atoms with Gasteiger partial charge in [0.15, 0.2) is 0 Å². The fourth-order valence-corrected chi connectivity index (χ4v) is 2.05. The first-order valence-corrected chi connectivity index (χ1v) is 5.95. The third-order valence-corrected chi connectivity index (χ3v) is 3.18. The zero-order valence-corrected chi connectivity index (χ0v) is 10.8. The maximum Gasteiger partial charge on any atom is 0.113 e. The quantitative estimate of drug-likeness (QED) is 0.818. The molecule has 4 heteroatoms. The first-order chi connectivity index (χ1) is 8.46. The summed E-state index contributed by atoms with van der Waals surface area (Å²) in [5, 5.41) is 10.1. The highest BCUT2D eigenvalue weighted by Crippen LogP contribution is 2.24. The number of nitrogens with two attached hydrogens (primary N) is 1. The number of nitrogens with zero attached hydrogens (tertiary/aromatic N) is 2. The van der Waals surface area contributed by atoms with Gasteiger partial charge in [0.25, 0.3) is 0 Å². The van der Waals surface area contributed by atoms with E-state index in [1.165, 1.54) is 0 Å². The number of rotatable bonds is 3. The zero-order chi connectivity index (χ0) is 13.3. The Morgan fingerprint density at radius 2 is 2.17 bits per heavy atom. The lowest BCUT2D eigenvalue weighted by atomic mass is 9.93. The number of hydrogen-bond donors (Lipinski definition) is 1. The molecule has 0 saturated carbocycles. The minimum Gasteiger partial charge on any atom is -0.346 e. The Kier molecular flexibility index (Phi) is 3.19. The number of nitriles is 1. The van der Waals surface area contributed by atoms with Gasteiger partial charge < -0.3 is 10.3 Å². The van der Waals surface area contributed by atoms with Crippen molar-refractivity contribution < 1.29 is 0 Å². The van der Waals surface area contributed by atoms with Crippen molar-refractivity contribution in [3.05, 3.63) is 30.0 Å². The molecule has 2 radical (unpaired) electrons. The third-order valence-electron chi connectivity index (χ3n) is 3.18. The second-order valence-electron chi connectivity index (χ2n) is 5.43. The summed E-state index contributed by atoms with van der Waals surface area (Å²) in [5.41, 5.74) is 8.13. The summed E-state index contributed by atoms with van der Waals surface area (Å²) in [6.07, 6.45) is 1.88. The lowest BCUT2D eigenvalue weighted by Crippen LogP contribution is -2.28. The van der Waals surface area contributed by atoms with Crippen molar-refractivity contribution in [1.29, 1.82) is 5.26 Å². The second kappa shape index (κ2) is 4.51. The van der Waals surface area contributed by atoms with Crippen LogP contribution in [0.2, 0.25) is 0 Å². The summed E-state index contributed by atoms with van der Waals surface area (Å²) in [5.74, 6) is 0. The molecular weight excluding hydrogens is 221 g/mol. The van der Waals surface area contributed by atoms with E-state index >= 15 is 0 Å². The molecule has 1 heterocycles. The van der Waals surface area contributed by atoms with E-state index in [0.717, 1.165) is 17.4 Å². The van der Waals surface area contributed by atoms with E-state index in [1.54, 1.807) is 0 Å². The smallest absolute Gasteiger partial charge is 0.113 e. The van der Waals surface area contributed by atoms with Crippen LogP contribution in [0, 0.1) is 16.7 Å². The van der Waals surface area contributed by atoms with Gasteiger partial charge in [-0.1, -0.05) is 31.4 Å². The van der Waals surface area contributed by atoms with Gasteiger partial charge in [0.2, 0.25) is 0 Å². The molecule has 3 nitrogen and oxygen atoms in total. The summed E-state index contributed by atoms with van der Waals surface area (Å²) in [4.78, 5) is 0. The van der Waals surface area contributed by atoms with E-state index in [0.29, 0.717) is 17.6 Å². The van der Waals surface area contributed by atoms with Crippen LogP contribution in [0.3, 0.4) is 0 Å². The first kappa shape index (κ1) is 12.7. The monoisotopic (exact) mass is 237 g/mol. The van der Waals surface area contributed by atoms with Crippen LogP contribution in [0.1, 0.15) is 19.4 Å². The molecule has 0 saturated heterocycles. The Balaban J connectivity index is 2.58. The molecule has 0 aliphatic rings. The van der Waals surface area contributed by atoms with Crippen LogP contribution >= 0.6 is 0 Å². The molecule has 90 valence electrons. The highest BCUT2D eigenvalue weighted by molar-refractivity contribution is 6.33. The van der Waals surface area contributed by atoms with E-state index in [2.05, 4.69) is 24.5 Å². The summed E-state index contributed by atoms with van der Waals surface area (Å²) < 4.78 is 2.07. The molecule has 2 aromatic rings. The van der Waals surface area contributed by atoms with E-state index in [4.69, 9.17) is 18.8 Å². The van der Waals surface area contributed by atoms with E-state index in [1.807, 2.05) is 24.4 Å². The molecule has 1 aromatic carbocycles. The highest BCUT2D eigenvalue weighted by Gasteiger charge is 2.18. The molecule has 0 aliphatic carbocycles. The van der Waals surface area contributed by atoms with Gasteiger partial charge in [0.05, 0.1) is 5.56 Å². The topological polar surface area (TPSA) is 54.7 Å². The van der Waals surface area contributed by atoms with Gasteiger partial charge >= 0.3 is 0 Å². The Hall–Kier alpha value is -1.73. The summed E-state index contributed by atoms with van der Waals surface area (Å²) in [6.45, 7) is 5.58. The van der Waals surface area contributed by atoms with E-state index in [9.17, 15) is 0 Å². The van der Waals surface area contributed by atoms with Gasteiger partial charge in [0.1, 0.15) is 13.9 Å². The largest absolute Gasteiger partial charge is 0.346 e. The number of hydrogen-bond acceptors (Lipinski definition) is 2. The molecule has 1 aromatic heterocycles. The van der Waals surface area contributed by atoms with Gasteiger partial charge in [-0.15, -0.1) is 0 Å². The van der Waals surface area contributed by atoms with Crippen molar-refractivity contribution in [2.75, 3.05) is 6.54 Å². The van der Waals surface area contributed by atoms with Crippen molar-refractivity contribution >= 4 is 24.2 Å². The molecule has 0 aliphatic heterocycles. The minimum absolute atomic E-state index is 0.0106. The van der Waals surface area contributed by atoms with Crippen molar-refractivity contribution in [3.63, 3.8) is 0 Å². The van der Waals surface area contributed by atoms with Crippen molar-refractivity contribution in [1.82, 2.24) is 4.57 Å². The van der Waals surface area contributed by atoms with E-state index in [-0.39, 0.29) is 5.41 Å². The van der Waals surface area contributed by atoms with Crippen molar-refractivity contribution in [2.24, 2.45) is 11.1 Å². The molecule has 0 spiro atoms. The second-order valence-corrected chi connectivity index (χ2v) is 5.43. The van der Waals surface area contributed by atoms with Crippen LogP contribution in [0.25, 0.3) is 10.9 Å². The molecule has 2 rings (SSSR count). The SMILES string of the molecule is [B]c1ccc2c(C#N)cn(CC(C)(C)CN)c2c1. The van der Waals surface area contributed by atoms with Crippen molar-refractivity contribution in [3.8, 4) is 6.07 Å².